The molecule has 0 aliphatic rings. The molecule has 0 amide bonds. The third-order valence-corrected chi connectivity index (χ3v) is 2.96. The van der Waals surface area contributed by atoms with Crippen molar-refractivity contribution >= 4 is 11.0 Å². The van der Waals surface area contributed by atoms with Crippen LogP contribution in [-0.2, 0) is 13.0 Å². The molecule has 4 heteroatoms. The summed E-state index contributed by atoms with van der Waals surface area (Å²) in [5.41, 5.74) is 7.72. The van der Waals surface area contributed by atoms with E-state index in [0.717, 1.165) is 36.5 Å². The molecule has 1 heterocycles. The molecule has 17 heavy (non-hydrogen) atoms. The van der Waals surface area contributed by atoms with Gasteiger partial charge in [0.15, 0.2) is 0 Å². The summed E-state index contributed by atoms with van der Waals surface area (Å²) >= 11 is 0. The zero-order chi connectivity index (χ0) is 12.3. The standard InChI is InChI=1S/C13H19N3O/c1-3-16-12-7-6-10(17-2)9-11(12)15-13(16)5-4-8-14/h6-7,9H,3-5,8,14H2,1-2H3. The van der Waals surface area contributed by atoms with Crippen LogP contribution in [0.15, 0.2) is 18.2 Å². The van der Waals surface area contributed by atoms with Gasteiger partial charge in [-0.2, -0.15) is 0 Å². The fourth-order valence-electron chi connectivity index (χ4n) is 2.09. The van der Waals surface area contributed by atoms with E-state index in [4.69, 9.17) is 10.5 Å². The summed E-state index contributed by atoms with van der Waals surface area (Å²) in [7, 11) is 1.67. The predicted molar refractivity (Wildman–Crippen MR) is 69.3 cm³/mol. The maximum atomic E-state index is 5.55. The molecule has 0 fully saturated rings. The van der Waals surface area contributed by atoms with Crippen LogP contribution in [0.2, 0.25) is 0 Å². The van der Waals surface area contributed by atoms with Crippen molar-refractivity contribution in [1.29, 1.82) is 0 Å². The molecule has 0 saturated heterocycles. The minimum Gasteiger partial charge on any atom is -0.497 e. The molecular weight excluding hydrogens is 214 g/mol. The Bertz CT molecular complexity index is 505. The third kappa shape index (κ3) is 2.26. The first-order valence-electron chi connectivity index (χ1n) is 6.03. The van der Waals surface area contributed by atoms with Gasteiger partial charge < -0.3 is 15.0 Å². The van der Waals surface area contributed by atoms with Gasteiger partial charge in [-0.05, 0) is 32.0 Å². The van der Waals surface area contributed by atoms with Crippen LogP contribution in [0, 0.1) is 0 Å². The highest BCUT2D eigenvalue weighted by Crippen LogP contribution is 2.22. The summed E-state index contributed by atoms with van der Waals surface area (Å²) in [6, 6.07) is 6.02. The van der Waals surface area contributed by atoms with Crippen LogP contribution >= 0.6 is 0 Å². The SMILES string of the molecule is CCn1c(CCCN)nc2cc(OC)ccc21. The van der Waals surface area contributed by atoms with Gasteiger partial charge in [-0.1, -0.05) is 0 Å². The second-order valence-corrected chi connectivity index (χ2v) is 4.02. The highest BCUT2D eigenvalue weighted by Gasteiger charge is 2.09. The molecule has 2 N–H and O–H groups in total. The van der Waals surface area contributed by atoms with E-state index in [1.165, 1.54) is 5.52 Å². The van der Waals surface area contributed by atoms with Gasteiger partial charge in [0, 0.05) is 19.0 Å². The maximum absolute atomic E-state index is 5.55. The molecular formula is C13H19N3O. The van der Waals surface area contributed by atoms with Gasteiger partial charge in [-0.3, -0.25) is 0 Å². The summed E-state index contributed by atoms with van der Waals surface area (Å²) in [6.45, 7) is 3.77. The minimum atomic E-state index is 0.705. The average molecular weight is 233 g/mol. The van der Waals surface area contributed by atoms with E-state index in [1.807, 2.05) is 12.1 Å². The van der Waals surface area contributed by atoms with Crippen LogP contribution < -0.4 is 10.5 Å². The van der Waals surface area contributed by atoms with Crippen LogP contribution in [0.1, 0.15) is 19.2 Å². The van der Waals surface area contributed by atoms with E-state index in [0.29, 0.717) is 6.54 Å². The van der Waals surface area contributed by atoms with Gasteiger partial charge in [0.05, 0.1) is 18.1 Å². The van der Waals surface area contributed by atoms with Crippen molar-refractivity contribution in [3.05, 3.63) is 24.0 Å². The molecule has 0 aliphatic carbocycles. The molecule has 0 bridgehead atoms. The third-order valence-electron chi connectivity index (χ3n) is 2.96. The molecule has 4 nitrogen and oxygen atoms in total. The lowest BCUT2D eigenvalue weighted by Gasteiger charge is -2.05. The van der Waals surface area contributed by atoms with Crippen molar-refractivity contribution in [2.45, 2.75) is 26.3 Å². The van der Waals surface area contributed by atoms with Gasteiger partial charge in [0.1, 0.15) is 11.6 Å². The molecule has 0 spiro atoms. The lowest BCUT2D eigenvalue weighted by atomic mass is 10.3. The Kier molecular flexibility index (Phi) is 3.64. The molecule has 0 saturated carbocycles. The number of rotatable bonds is 5. The van der Waals surface area contributed by atoms with E-state index in [9.17, 15) is 0 Å². The normalized spacial score (nSPS) is 11.0. The molecule has 1 aromatic carbocycles. The smallest absolute Gasteiger partial charge is 0.121 e. The lowest BCUT2D eigenvalue weighted by Crippen LogP contribution is -2.06. The Morgan fingerprint density at radius 1 is 1.41 bits per heavy atom. The zero-order valence-corrected chi connectivity index (χ0v) is 10.4. The van der Waals surface area contributed by atoms with Gasteiger partial charge >= 0.3 is 0 Å². The molecule has 0 aliphatic heterocycles. The van der Waals surface area contributed by atoms with Crippen LogP contribution in [0.3, 0.4) is 0 Å². The number of aryl methyl sites for hydroxylation is 2. The molecule has 0 unspecified atom stereocenters. The minimum absolute atomic E-state index is 0.705. The van der Waals surface area contributed by atoms with E-state index in [1.54, 1.807) is 7.11 Å². The number of benzene rings is 1. The summed E-state index contributed by atoms with van der Waals surface area (Å²) in [6.07, 6.45) is 1.90. The Morgan fingerprint density at radius 2 is 2.24 bits per heavy atom. The van der Waals surface area contributed by atoms with Crippen molar-refractivity contribution in [2.24, 2.45) is 5.73 Å². The van der Waals surface area contributed by atoms with E-state index in [-0.39, 0.29) is 0 Å². The zero-order valence-electron chi connectivity index (χ0n) is 10.4. The lowest BCUT2D eigenvalue weighted by molar-refractivity contribution is 0.415. The first-order chi connectivity index (χ1) is 8.30. The Hall–Kier alpha value is -1.55. The molecule has 92 valence electrons. The number of hydrogen-bond acceptors (Lipinski definition) is 3. The number of methoxy groups -OCH3 is 1. The monoisotopic (exact) mass is 233 g/mol. The highest BCUT2D eigenvalue weighted by atomic mass is 16.5. The topological polar surface area (TPSA) is 53.1 Å². The summed E-state index contributed by atoms with van der Waals surface area (Å²) in [4.78, 5) is 4.66. The Labute approximate surface area is 101 Å². The van der Waals surface area contributed by atoms with Crippen molar-refractivity contribution < 1.29 is 4.74 Å². The van der Waals surface area contributed by atoms with Crippen LogP contribution in [-0.4, -0.2) is 23.2 Å². The molecule has 2 rings (SSSR count). The maximum Gasteiger partial charge on any atom is 0.121 e. The summed E-state index contributed by atoms with van der Waals surface area (Å²) < 4.78 is 7.46. The Balaban J connectivity index is 2.46. The second kappa shape index (κ2) is 5.19. The van der Waals surface area contributed by atoms with Crippen molar-refractivity contribution in [2.75, 3.05) is 13.7 Å². The fraction of sp³-hybridized carbons (Fsp3) is 0.462. The quantitative estimate of drug-likeness (QED) is 0.858. The first kappa shape index (κ1) is 11.9. The number of nitrogens with two attached hydrogens (primary N) is 1. The summed E-state index contributed by atoms with van der Waals surface area (Å²) in [5.74, 6) is 1.96. The number of imidazole rings is 1. The van der Waals surface area contributed by atoms with E-state index >= 15 is 0 Å². The number of ether oxygens (including phenoxy) is 1. The van der Waals surface area contributed by atoms with Gasteiger partial charge in [0.2, 0.25) is 0 Å². The number of nitrogens with zero attached hydrogens (tertiary/aromatic N) is 2. The Morgan fingerprint density at radius 3 is 2.88 bits per heavy atom. The second-order valence-electron chi connectivity index (χ2n) is 4.02. The fourth-order valence-corrected chi connectivity index (χ4v) is 2.09. The van der Waals surface area contributed by atoms with Gasteiger partial charge in [-0.25, -0.2) is 4.98 Å². The van der Waals surface area contributed by atoms with E-state index in [2.05, 4.69) is 22.5 Å². The van der Waals surface area contributed by atoms with E-state index < -0.39 is 0 Å². The predicted octanol–water partition coefficient (Wildman–Crippen LogP) is 1.96. The van der Waals surface area contributed by atoms with Gasteiger partial charge in [-0.15, -0.1) is 0 Å². The average Bonchev–Trinajstić information content (AvgIpc) is 2.72. The van der Waals surface area contributed by atoms with Crippen LogP contribution in [0.4, 0.5) is 0 Å². The van der Waals surface area contributed by atoms with Crippen molar-refractivity contribution in [1.82, 2.24) is 9.55 Å². The van der Waals surface area contributed by atoms with Crippen molar-refractivity contribution in [3.8, 4) is 5.75 Å². The van der Waals surface area contributed by atoms with Crippen LogP contribution in [0.5, 0.6) is 5.75 Å². The number of hydrogen-bond donors (Lipinski definition) is 1. The molecule has 1 aromatic heterocycles. The number of fused-ring (bicyclic) bond motifs is 1. The van der Waals surface area contributed by atoms with Crippen LogP contribution in [0.25, 0.3) is 11.0 Å². The molecule has 2 aromatic rings. The molecule has 0 atom stereocenters. The number of aromatic nitrogens is 2. The highest BCUT2D eigenvalue weighted by molar-refractivity contribution is 5.77. The summed E-state index contributed by atoms with van der Waals surface area (Å²) in [5, 5.41) is 0. The van der Waals surface area contributed by atoms with Crippen molar-refractivity contribution in [3.63, 3.8) is 0 Å². The largest absolute Gasteiger partial charge is 0.497 e. The first-order valence-corrected chi connectivity index (χ1v) is 6.03. The van der Waals surface area contributed by atoms with Gasteiger partial charge in [0.25, 0.3) is 0 Å². The molecule has 0 radical (unpaired) electrons.